The molecule has 3 heteroatoms. The number of benzene rings is 1. The van der Waals surface area contributed by atoms with Crippen molar-refractivity contribution in [3.63, 3.8) is 0 Å². The van der Waals surface area contributed by atoms with E-state index in [0.29, 0.717) is 11.5 Å². The van der Waals surface area contributed by atoms with Crippen LogP contribution in [0.5, 0.6) is 0 Å². The molecular formula is C18H26N2O. The van der Waals surface area contributed by atoms with Crippen LogP contribution in [-0.2, 0) is 11.2 Å². The number of hydrogen-bond donors (Lipinski definition) is 1. The van der Waals surface area contributed by atoms with E-state index in [-0.39, 0.29) is 18.1 Å². The van der Waals surface area contributed by atoms with Gasteiger partial charge in [0.25, 0.3) is 0 Å². The second-order valence-corrected chi connectivity index (χ2v) is 7.39. The molecule has 0 radical (unpaired) electrons. The summed E-state index contributed by atoms with van der Waals surface area (Å²) >= 11 is 0. The van der Waals surface area contributed by atoms with Gasteiger partial charge in [0.2, 0.25) is 5.91 Å². The van der Waals surface area contributed by atoms with Crippen molar-refractivity contribution in [1.29, 1.82) is 0 Å². The van der Waals surface area contributed by atoms with E-state index in [1.165, 1.54) is 12.0 Å². The minimum atomic E-state index is -0.0638. The molecule has 1 heterocycles. The molecule has 3 atom stereocenters. The second kappa shape index (κ2) is 5.45. The van der Waals surface area contributed by atoms with Crippen LogP contribution in [0.3, 0.4) is 0 Å². The largest absolute Gasteiger partial charge is 0.323 e. The first-order valence-corrected chi connectivity index (χ1v) is 8.08. The van der Waals surface area contributed by atoms with Crippen LogP contribution in [0.25, 0.3) is 0 Å². The molecule has 3 unspecified atom stereocenters. The molecule has 21 heavy (non-hydrogen) atoms. The molecule has 1 aromatic carbocycles. The summed E-state index contributed by atoms with van der Waals surface area (Å²) in [6.45, 7) is 6.74. The Labute approximate surface area is 127 Å². The van der Waals surface area contributed by atoms with E-state index >= 15 is 0 Å². The third-order valence-electron chi connectivity index (χ3n) is 5.03. The summed E-state index contributed by atoms with van der Waals surface area (Å²) in [5, 5.41) is 3.48. The minimum absolute atomic E-state index is 0.0638. The zero-order valence-electron chi connectivity index (χ0n) is 13.3. The number of nitrogens with one attached hydrogen (secondary N) is 1. The number of carbonyl (C=O) groups excluding carboxylic acids is 1. The van der Waals surface area contributed by atoms with Crippen LogP contribution in [0.15, 0.2) is 30.3 Å². The van der Waals surface area contributed by atoms with Gasteiger partial charge < -0.3 is 4.90 Å². The maximum atomic E-state index is 12.8. The quantitative estimate of drug-likeness (QED) is 0.926. The van der Waals surface area contributed by atoms with Crippen molar-refractivity contribution < 1.29 is 4.79 Å². The molecule has 1 saturated heterocycles. The number of hydrogen-bond acceptors (Lipinski definition) is 2. The first-order valence-electron chi connectivity index (χ1n) is 8.08. The zero-order valence-corrected chi connectivity index (χ0v) is 13.3. The standard InChI is InChI=1S/C18H26N2O/c1-13-19-16(11-14-7-5-4-6-8-14)17(21)20(13)15-9-10-18(2,3)12-15/h4-8,13,15-16,19H,9-12H2,1-3H3. The van der Waals surface area contributed by atoms with Crippen LogP contribution >= 0.6 is 0 Å². The second-order valence-electron chi connectivity index (χ2n) is 7.39. The first kappa shape index (κ1) is 14.6. The molecule has 1 aromatic rings. The molecule has 3 nitrogen and oxygen atoms in total. The Hall–Kier alpha value is -1.35. The number of amides is 1. The van der Waals surface area contributed by atoms with Crippen LogP contribution in [0.1, 0.15) is 45.6 Å². The van der Waals surface area contributed by atoms with Crippen molar-refractivity contribution >= 4 is 5.91 Å². The average molecular weight is 286 g/mol. The van der Waals surface area contributed by atoms with Crippen LogP contribution < -0.4 is 5.32 Å². The highest BCUT2D eigenvalue weighted by Crippen LogP contribution is 2.40. The zero-order chi connectivity index (χ0) is 15.0. The monoisotopic (exact) mass is 286 g/mol. The Bertz CT molecular complexity index is 511. The van der Waals surface area contributed by atoms with E-state index < -0.39 is 0 Å². The van der Waals surface area contributed by atoms with Crippen molar-refractivity contribution in [1.82, 2.24) is 10.2 Å². The van der Waals surface area contributed by atoms with Gasteiger partial charge in [-0.3, -0.25) is 10.1 Å². The van der Waals surface area contributed by atoms with Gasteiger partial charge in [0.1, 0.15) is 0 Å². The van der Waals surface area contributed by atoms with E-state index in [9.17, 15) is 4.79 Å². The molecule has 1 amide bonds. The molecular weight excluding hydrogens is 260 g/mol. The molecule has 1 aliphatic carbocycles. The van der Waals surface area contributed by atoms with E-state index in [1.807, 2.05) is 18.2 Å². The summed E-state index contributed by atoms with van der Waals surface area (Å²) < 4.78 is 0. The lowest BCUT2D eigenvalue weighted by Crippen LogP contribution is -2.42. The van der Waals surface area contributed by atoms with Crippen LogP contribution in [-0.4, -0.2) is 29.1 Å². The van der Waals surface area contributed by atoms with Gasteiger partial charge in [0.05, 0.1) is 12.2 Å². The molecule has 3 rings (SSSR count). The highest BCUT2D eigenvalue weighted by Gasteiger charge is 2.44. The summed E-state index contributed by atoms with van der Waals surface area (Å²) in [5.74, 6) is 0.286. The van der Waals surface area contributed by atoms with Crippen molar-refractivity contribution in [2.24, 2.45) is 5.41 Å². The predicted molar refractivity (Wildman–Crippen MR) is 84.8 cm³/mol. The number of carbonyl (C=O) groups is 1. The van der Waals surface area contributed by atoms with Crippen LogP contribution in [0.4, 0.5) is 0 Å². The fraction of sp³-hybridized carbons (Fsp3) is 0.611. The van der Waals surface area contributed by atoms with Gasteiger partial charge in [-0.25, -0.2) is 0 Å². The van der Waals surface area contributed by atoms with Crippen LogP contribution in [0, 0.1) is 5.41 Å². The SMILES string of the molecule is CC1NC(Cc2ccccc2)C(=O)N1C1CCC(C)(C)C1. The summed E-state index contributed by atoms with van der Waals surface area (Å²) in [6.07, 6.45) is 4.44. The van der Waals surface area contributed by atoms with Gasteiger partial charge in [-0.05, 0) is 43.6 Å². The molecule has 1 saturated carbocycles. The smallest absolute Gasteiger partial charge is 0.241 e. The predicted octanol–water partition coefficient (Wildman–Crippen LogP) is 2.95. The molecule has 1 N–H and O–H groups in total. The third kappa shape index (κ3) is 2.98. The van der Waals surface area contributed by atoms with Gasteiger partial charge >= 0.3 is 0 Å². The highest BCUT2D eigenvalue weighted by atomic mass is 16.2. The lowest BCUT2D eigenvalue weighted by Gasteiger charge is -2.29. The van der Waals surface area contributed by atoms with Gasteiger partial charge in [0, 0.05) is 6.04 Å². The highest BCUT2D eigenvalue weighted by molar-refractivity contribution is 5.85. The van der Waals surface area contributed by atoms with Crippen molar-refractivity contribution in [2.45, 2.75) is 64.7 Å². The summed E-state index contributed by atoms with van der Waals surface area (Å²) in [6, 6.07) is 10.6. The summed E-state index contributed by atoms with van der Waals surface area (Å²) in [5.41, 5.74) is 1.60. The van der Waals surface area contributed by atoms with Gasteiger partial charge in [0.15, 0.2) is 0 Å². The van der Waals surface area contributed by atoms with E-state index in [1.54, 1.807) is 0 Å². The van der Waals surface area contributed by atoms with Crippen LogP contribution in [0.2, 0.25) is 0 Å². The Balaban J connectivity index is 1.69. The lowest BCUT2D eigenvalue weighted by atomic mass is 9.91. The maximum absolute atomic E-state index is 12.8. The molecule has 0 bridgehead atoms. The number of nitrogens with zero attached hydrogens (tertiary/aromatic N) is 1. The molecule has 1 aliphatic heterocycles. The topological polar surface area (TPSA) is 32.3 Å². The minimum Gasteiger partial charge on any atom is -0.323 e. The summed E-state index contributed by atoms with van der Waals surface area (Å²) in [4.78, 5) is 14.9. The number of rotatable bonds is 3. The Kier molecular flexibility index (Phi) is 3.78. The van der Waals surface area contributed by atoms with Crippen molar-refractivity contribution in [3.8, 4) is 0 Å². The average Bonchev–Trinajstić information content (AvgIpc) is 2.91. The molecule has 114 valence electrons. The molecule has 0 aromatic heterocycles. The van der Waals surface area contributed by atoms with E-state index in [0.717, 1.165) is 19.3 Å². The Morgan fingerprint density at radius 3 is 2.62 bits per heavy atom. The van der Waals surface area contributed by atoms with Gasteiger partial charge in [-0.15, -0.1) is 0 Å². The fourth-order valence-electron chi connectivity index (χ4n) is 3.94. The van der Waals surface area contributed by atoms with Gasteiger partial charge in [-0.1, -0.05) is 44.2 Å². The van der Waals surface area contributed by atoms with Gasteiger partial charge in [-0.2, -0.15) is 0 Å². The van der Waals surface area contributed by atoms with Crippen molar-refractivity contribution in [2.75, 3.05) is 0 Å². The Morgan fingerprint density at radius 1 is 1.29 bits per heavy atom. The first-order chi connectivity index (χ1) is 9.96. The van der Waals surface area contributed by atoms with E-state index in [4.69, 9.17) is 0 Å². The maximum Gasteiger partial charge on any atom is 0.241 e. The summed E-state index contributed by atoms with van der Waals surface area (Å²) in [7, 11) is 0. The molecule has 2 fully saturated rings. The third-order valence-corrected chi connectivity index (χ3v) is 5.03. The Morgan fingerprint density at radius 2 is 2.00 bits per heavy atom. The fourth-order valence-corrected chi connectivity index (χ4v) is 3.94. The normalized spacial score (nSPS) is 31.9. The molecule has 0 spiro atoms. The molecule has 2 aliphatic rings. The van der Waals surface area contributed by atoms with E-state index in [2.05, 4.69) is 43.1 Å². The van der Waals surface area contributed by atoms with Crippen molar-refractivity contribution in [3.05, 3.63) is 35.9 Å². The lowest BCUT2D eigenvalue weighted by molar-refractivity contribution is -0.132.